The predicted molar refractivity (Wildman–Crippen MR) is 111 cm³/mol. The number of hydrogen-bond acceptors (Lipinski definition) is 5. The highest BCUT2D eigenvalue weighted by atomic mass is 16.5. The van der Waals surface area contributed by atoms with E-state index in [1.54, 1.807) is 18.2 Å². The maximum absolute atomic E-state index is 12.8. The zero-order valence-corrected chi connectivity index (χ0v) is 17.9. The van der Waals surface area contributed by atoms with Gasteiger partial charge in [0.25, 0.3) is 5.91 Å². The Labute approximate surface area is 171 Å². The molecule has 154 valence electrons. The topological polar surface area (TPSA) is 72.4 Å². The molecule has 0 radical (unpaired) electrons. The fraction of sp³-hybridized carbons (Fsp3) is 0.565. The van der Waals surface area contributed by atoms with Crippen LogP contribution < -0.4 is 0 Å². The third kappa shape index (κ3) is 3.85. The molecule has 2 fully saturated rings. The van der Waals surface area contributed by atoms with Crippen LogP contribution in [0.4, 0.5) is 0 Å². The summed E-state index contributed by atoms with van der Waals surface area (Å²) in [4.78, 5) is 36.2. The number of aryl methyl sites for hydroxylation is 2. The number of amides is 1. The van der Waals surface area contributed by atoms with Gasteiger partial charge in [-0.05, 0) is 62.1 Å². The van der Waals surface area contributed by atoms with Gasteiger partial charge in [-0.1, -0.05) is 20.8 Å². The molecule has 1 aliphatic heterocycles. The smallest absolute Gasteiger partial charge is 0.338 e. The van der Waals surface area contributed by atoms with E-state index in [0.717, 1.165) is 42.7 Å². The Morgan fingerprint density at radius 3 is 2.52 bits per heavy atom. The molecule has 2 atom stereocenters. The van der Waals surface area contributed by atoms with E-state index in [-0.39, 0.29) is 29.4 Å². The molecule has 1 aromatic heterocycles. The van der Waals surface area contributed by atoms with Crippen LogP contribution >= 0.6 is 0 Å². The highest BCUT2D eigenvalue weighted by Gasteiger charge is 2.50. The first-order valence-corrected chi connectivity index (χ1v) is 10.3. The Kier molecular flexibility index (Phi) is 4.63. The number of ether oxygens (including phenoxy) is 1. The van der Waals surface area contributed by atoms with Crippen LogP contribution in [0.1, 0.15) is 61.8 Å². The van der Waals surface area contributed by atoms with E-state index in [1.165, 1.54) is 0 Å². The van der Waals surface area contributed by atoms with Crippen molar-refractivity contribution in [3.05, 3.63) is 35.2 Å². The Balaban J connectivity index is 1.43. The van der Waals surface area contributed by atoms with Gasteiger partial charge in [0, 0.05) is 12.6 Å². The fourth-order valence-electron chi connectivity index (χ4n) is 5.40. The largest absolute Gasteiger partial charge is 0.452 e. The molecule has 6 nitrogen and oxygen atoms in total. The van der Waals surface area contributed by atoms with Crippen molar-refractivity contribution in [2.45, 2.75) is 59.9 Å². The van der Waals surface area contributed by atoms with Crippen molar-refractivity contribution in [1.29, 1.82) is 0 Å². The van der Waals surface area contributed by atoms with E-state index < -0.39 is 5.97 Å². The molecule has 2 bridgehead atoms. The molecule has 1 aromatic carbocycles. The summed E-state index contributed by atoms with van der Waals surface area (Å²) in [6.07, 6.45) is 3.17. The fourth-order valence-corrected chi connectivity index (χ4v) is 5.40. The summed E-state index contributed by atoms with van der Waals surface area (Å²) >= 11 is 0. The zero-order chi connectivity index (χ0) is 21.0. The lowest BCUT2D eigenvalue weighted by Crippen LogP contribution is -2.39. The van der Waals surface area contributed by atoms with Gasteiger partial charge >= 0.3 is 5.97 Å². The predicted octanol–water partition coefficient (Wildman–Crippen LogP) is 3.83. The van der Waals surface area contributed by atoms with Crippen LogP contribution in [0.5, 0.6) is 0 Å². The van der Waals surface area contributed by atoms with Gasteiger partial charge < -0.3 is 9.64 Å². The molecule has 1 saturated heterocycles. The van der Waals surface area contributed by atoms with Crippen molar-refractivity contribution in [1.82, 2.24) is 14.9 Å². The molecule has 2 heterocycles. The van der Waals surface area contributed by atoms with E-state index in [2.05, 4.69) is 30.7 Å². The molecule has 0 unspecified atom stereocenters. The highest BCUT2D eigenvalue weighted by molar-refractivity contribution is 5.94. The number of rotatable bonds is 3. The quantitative estimate of drug-likeness (QED) is 0.739. The number of hydrogen-bond donors (Lipinski definition) is 0. The van der Waals surface area contributed by atoms with Gasteiger partial charge in [-0.15, -0.1) is 0 Å². The van der Waals surface area contributed by atoms with Crippen LogP contribution in [-0.4, -0.2) is 45.9 Å². The molecule has 2 aliphatic rings. The number of esters is 1. The first-order valence-electron chi connectivity index (χ1n) is 10.3. The van der Waals surface area contributed by atoms with Crippen LogP contribution in [0.15, 0.2) is 18.2 Å². The molecule has 1 amide bonds. The Morgan fingerprint density at radius 2 is 1.79 bits per heavy atom. The third-order valence-corrected chi connectivity index (χ3v) is 6.37. The minimum Gasteiger partial charge on any atom is -0.452 e. The van der Waals surface area contributed by atoms with Gasteiger partial charge in [0.05, 0.1) is 28.0 Å². The summed E-state index contributed by atoms with van der Waals surface area (Å²) in [6.45, 7) is 11.1. The Morgan fingerprint density at radius 1 is 1.10 bits per heavy atom. The second kappa shape index (κ2) is 6.78. The lowest BCUT2D eigenvalue weighted by atomic mass is 9.65. The average molecular weight is 396 g/mol. The minimum atomic E-state index is -0.506. The summed E-state index contributed by atoms with van der Waals surface area (Å²) in [7, 11) is 0. The van der Waals surface area contributed by atoms with Crippen LogP contribution in [0.3, 0.4) is 0 Å². The molecule has 0 spiro atoms. The summed E-state index contributed by atoms with van der Waals surface area (Å²) in [5, 5.41) is 0. The first kappa shape index (κ1) is 19.8. The summed E-state index contributed by atoms with van der Waals surface area (Å²) in [5.74, 6) is -0.606. The monoisotopic (exact) mass is 395 g/mol. The van der Waals surface area contributed by atoms with Crippen molar-refractivity contribution in [2.24, 2.45) is 10.8 Å². The maximum atomic E-state index is 12.8. The van der Waals surface area contributed by atoms with Gasteiger partial charge in [0.1, 0.15) is 0 Å². The van der Waals surface area contributed by atoms with Crippen LogP contribution in [0.25, 0.3) is 11.0 Å². The first-order chi connectivity index (χ1) is 13.6. The van der Waals surface area contributed by atoms with E-state index in [9.17, 15) is 9.59 Å². The van der Waals surface area contributed by atoms with Gasteiger partial charge in [-0.3, -0.25) is 4.79 Å². The van der Waals surface area contributed by atoms with Crippen molar-refractivity contribution in [3.63, 3.8) is 0 Å². The van der Waals surface area contributed by atoms with Crippen molar-refractivity contribution in [3.8, 4) is 0 Å². The molecule has 1 aliphatic carbocycles. The third-order valence-electron chi connectivity index (χ3n) is 6.37. The van der Waals surface area contributed by atoms with Gasteiger partial charge in [0.2, 0.25) is 0 Å². The minimum absolute atomic E-state index is 0.100. The zero-order valence-electron chi connectivity index (χ0n) is 17.9. The number of aromatic nitrogens is 2. The SMILES string of the molecule is Cc1nc2ccc(C(=O)OCC(=O)N3C[C@@]4(C)C[C@@H]3CC(C)(C)C4)cc2nc1C. The lowest BCUT2D eigenvalue weighted by Gasteiger charge is -2.39. The number of carbonyl (C=O) groups excluding carboxylic acids is 2. The maximum Gasteiger partial charge on any atom is 0.338 e. The van der Waals surface area contributed by atoms with E-state index >= 15 is 0 Å². The lowest BCUT2D eigenvalue weighted by molar-refractivity contribution is -0.135. The van der Waals surface area contributed by atoms with Crippen molar-refractivity contribution < 1.29 is 14.3 Å². The molecule has 6 heteroatoms. The molecular weight excluding hydrogens is 366 g/mol. The molecule has 4 rings (SSSR count). The second-order valence-electron chi connectivity index (χ2n) is 9.91. The number of likely N-dealkylation sites (tertiary alicyclic amines) is 1. The molecule has 1 saturated carbocycles. The molecule has 0 N–H and O–H groups in total. The standard InChI is InChI=1S/C23H29N3O3/c1-14-15(2)25-19-8-16(6-7-18(19)24-14)21(28)29-11-20(27)26-13-23(5)10-17(26)9-22(3,4)12-23/h6-8,17H,9-13H2,1-5H3/t17-,23-/m0/s1. The van der Waals surface area contributed by atoms with Crippen molar-refractivity contribution >= 4 is 22.9 Å². The number of benzene rings is 1. The normalized spacial score (nSPS) is 25.3. The summed E-state index contributed by atoms with van der Waals surface area (Å²) in [5.41, 5.74) is 3.88. The van der Waals surface area contributed by atoms with E-state index in [0.29, 0.717) is 11.1 Å². The number of carbonyl (C=O) groups is 2. The Bertz CT molecular complexity index is 1000. The van der Waals surface area contributed by atoms with E-state index in [1.807, 2.05) is 18.7 Å². The molecular formula is C23H29N3O3. The molecule has 29 heavy (non-hydrogen) atoms. The Hall–Kier alpha value is -2.50. The van der Waals surface area contributed by atoms with Crippen LogP contribution in [0.2, 0.25) is 0 Å². The van der Waals surface area contributed by atoms with Crippen LogP contribution in [0, 0.1) is 24.7 Å². The van der Waals surface area contributed by atoms with Crippen molar-refractivity contribution in [2.75, 3.05) is 13.2 Å². The van der Waals surface area contributed by atoms with Gasteiger partial charge in [-0.2, -0.15) is 0 Å². The number of nitrogens with zero attached hydrogens (tertiary/aromatic N) is 3. The number of fused-ring (bicyclic) bond motifs is 3. The summed E-state index contributed by atoms with van der Waals surface area (Å²) < 4.78 is 5.36. The van der Waals surface area contributed by atoms with Crippen LogP contribution in [-0.2, 0) is 9.53 Å². The van der Waals surface area contributed by atoms with Gasteiger partial charge in [0.15, 0.2) is 6.61 Å². The highest BCUT2D eigenvalue weighted by Crippen LogP contribution is 2.52. The van der Waals surface area contributed by atoms with Gasteiger partial charge in [-0.25, -0.2) is 14.8 Å². The molecule has 2 aromatic rings. The second-order valence-corrected chi connectivity index (χ2v) is 9.91. The summed E-state index contributed by atoms with van der Waals surface area (Å²) in [6, 6.07) is 5.36. The average Bonchev–Trinajstić information content (AvgIpc) is 2.88. The van der Waals surface area contributed by atoms with E-state index in [4.69, 9.17) is 4.74 Å².